The predicted octanol–water partition coefficient (Wildman–Crippen LogP) is 1.29. The van der Waals surface area contributed by atoms with Gasteiger partial charge in [-0.15, -0.1) is 0 Å². The number of carbonyl (C=O) groups is 1. The third-order valence-electron chi connectivity index (χ3n) is 4.18. The Labute approximate surface area is 136 Å². The summed E-state index contributed by atoms with van der Waals surface area (Å²) in [6.07, 6.45) is 2.68. The molecule has 2 heterocycles. The summed E-state index contributed by atoms with van der Waals surface area (Å²) in [5.41, 5.74) is 1.20. The van der Waals surface area contributed by atoms with Crippen molar-refractivity contribution in [2.75, 3.05) is 31.1 Å². The van der Waals surface area contributed by atoms with E-state index in [4.69, 9.17) is 0 Å². The molecule has 6 nitrogen and oxygen atoms in total. The number of aliphatic hydroxyl groups excluding tert-OH is 1. The van der Waals surface area contributed by atoms with Crippen LogP contribution < -0.4 is 4.90 Å². The molecule has 1 aliphatic rings. The Morgan fingerprint density at radius 2 is 1.91 bits per heavy atom. The zero-order valence-electron chi connectivity index (χ0n) is 13.3. The van der Waals surface area contributed by atoms with E-state index in [1.165, 1.54) is 5.69 Å². The van der Waals surface area contributed by atoms with Gasteiger partial charge >= 0.3 is 0 Å². The van der Waals surface area contributed by atoms with Crippen molar-refractivity contribution in [2.45, 2.75) is 19.6 Å². The lowest BCUT2D eigenvalue weighted by molar-refractivity contribution is -0.132. The molecule has 0 aliphatic carbocycles. The lowest BCUT2D eigenvalue weighted by Gasteiger charge is -2.36. The topological polar surface area (TPSA) is 61.6 Å². The van der Waals surface area contributed by atoms with Gasteiger partial charge in [0.25, 0.3) is 0 Å². The van der Waals surface area contributed by atoms with Crippen LogP contribution in [0.1, 0.15) is 18.9 Å². The van der Waals surface area contributed by atoms with Crippen molar-refractivity contribution in [3.8, 4) is 0 Å². The Morgan fingerprint density at radius 3 is 2.57 bits per heavy atom. The van der Waals surface area contributed by atoms with Crippen LogP contribution in [-0.2, 0) is 11.3 Å². The highest BCUT2D eigenvalue weighted by Gasteiger charge is 2.22. The number of rotatable bonds is 4. The van der Waals surface area contributed by atoms with Gasteiger partial charge in [-0.25, -0.2) is 4.98 Å². The fourth-order valence-corrected chi connectivity index (χ4v) is 2.92. The van der Waals surface area contributed by atoms with E-state index < -0.39 is 6.10 Å². The van der Waals surface area contributed by atoms with Crippen molar-refractivity contribution in [1.82, 2.24) is 14.5 Å². The summed E-state index contributed by atoms with van der Waals surface area (Å²) in [4.78, 5) is 20.7. The standard InChI is InChI=1S/C17H22N4O2/c1-14(22)17-18-7-8-21(17)13-16(23)20-11-9-19(10-12-20)15-5-3-2-4-6-15/h2-8,14,22H,9-13H2,1H3/t14-/m1/s1. The Kier molecular flexibility index (Phi) is 4.62. The van der Waals surface area contributed by atoms with Crippen LogP contribution in [0, 0.1) is 0 Å². The number of hydrogen-bond donors (Lipinski definition) is 1. The maximum absolute atomic E-state index is 12.5. The highest BCUT2D eigenvalue weighted by molar-refractivity contribution is 5.76. The van der Waals surface area contributed by atoms with Crippen LogP contribution >= 0.6 is 0 Å². The lowest BCUT2D eigenvalue weighted by atomic mass is 10.2. The van der Waals surface area contributed by atoms with Gasteiger partial charge in [-0.2, -0.15) is 0 Å². The monoisotopic (exact) mass is 314 g/mol. The number of para-hydroxylation sites is 1. The second-order valence-electron chi connectivity index (χ2n) is 5.79. The number of amides is 1. The number of carbonyl (C=O) groups excluding carboxylic acids is 1. The first-order valence-corrected chi connectivity index (χ1v) is 7.92. The van der Waals surface area contributed by atoms with Gasteiger partial charge in [0.05, 0.1) is 0 Å². The molecule has 0 saturated carbocycles. The van der Waals surface area contributed by atoms with E-state index in [2.05, 4.69) is 22.0 Å². The molecule has 0 unspecified atom stereocenters. The number of hydrogen-bond acceptors (Lipinski definition) is 4. The van der Waals surface area contributed by atoms with Crippen LogP contribution in [0.15, 0.2) is 42.7 Å². The molecule has 0 radical (unpaired) electrons. The summed E-state index contributed by atoms with van der Waals surface area (Å²) < 4.78 is 1.72. The highest BCUT2D eigenvalue weighted by atomic mass is 16.3. The smallest absolute Gasteiger partial charge is 0.242 e. The lowest BCUT2D eigenvalue weighted by Crippen LogP contribution is -2.49. The summed E-state index contributed by atoms with van der Waals surface area (Å²) >= 11 is 0. The average molecular weight is 314 g/mol. The summed E-state index contributed by atoms with van der Waals surface area (Å²) in [6.45, 7) is 4.98. The number of anilines is 1. The largest absolute Gasteiger partial charge is 0.385 e. The van der Waals surface area contributed by atoms with Gasteiger partial charge in [-0.3, -0.25) is 4.79 Å². The van der Waals surface area contributed by atoms with Crippen LogP contribution in [0.5, 0.6) is 0 Å². The van der Waals surface area contributed by atoms with Crippen LogP contribution in [0.3, 0.4) is 0 Å². The Hall–Kier alpha value is -2.34. The molecule has 1 saturated heterocycles. The Bertz CT molecular complexity index is 646. The van der Waals surface area contributed by atoms with Crippen molar-refractivity contribution in [1.29, 1.82) is 0 Å². The van der Waals surface area contributed by atoms with Gasteiger partial charge in [-0.05, 0) is 19.1 Å². The first-order chi connectivity index (χ1) is 11.1. The van der Waals surface area contributed by atoms with Crippen molar-refractivity contribution < 1.29 is 9.90 Å². The third kappa shape index (κ3) is 3.53. The van der Waals surface area contributed by atoms with Crippen LogP contribution in [-0.4, -0.2) is 51.6 Å². The van der Waals surface area contributed by atoms with E-state index in [0.29, 0.717) is 18.9 Å². The molecule has 1 aromatic carbocycles. The van der Waals surface area contributed by atoms with Crippen LogP contribution in [0.4, 0.5) is 5.69 Å². The van der Waals surface area contributed by atoms with Gasteiger partial charge < -0.3 is 19.5 Å². The van der Waals surface area contributed by atoms with Crippen molar-refractivity contribution >= 4 is 11.6 Å². The molecule has 1 amide bonds. The van der Waals surface area contributed by atoms with Crippen molar-refractivity contribution in [3.05, 3.63) is 48.5 Å². The maximum Gasteiger partial charge on any atom is 0.242 e. The average Bonchev–Trinajstić information content (AvgIpc) is 3.04. The Balaban J connectivity index is 1.57. The molecule has 0 spiro atoms. The molecule has 1 aromatic heterocycles. The fraction of sp³-hybridized carbons (Fsp3) is 0.412. The number of aliphatic hydroxyl groups is 1. The van der Waals surface area contributed by atoms with E-state index in [-0.39, 0.29) is 12.5 Å². The highest BCUT2D eigenvalue weighted by Crippen LogP contribution is 2.16. The number of piperazine rings is 1. The van der Waals surface area contributed by atoms with Gasteiger partial charge in [-0.1, -0.05) is 18.2 Å². The van der Waals surface area contributed by atoms with E-state index in [9.17, 15) is 9.90 Å². The van der Waals surface area contributed by atoms with Crippen molar-refractivity contribution in [3.63, 3.8) is 0 Å². The first kappa shape index (κ1) is 15.6. The molecule has 1 atom stereocenters. The zero-order chi connectivity index (χ0) is 16.2. The van der Waals surface area contributed by atoms with E-state index in [0.717, 1.165) is 13.1 Å². The second-order valence-corrected chi connectivity index (χ2v) is 5.79. The molecule has 2 aromatic rings. The summed E-state index contributed by atoms with van der Waals surface area (Å²) in [5, 5.41) is 9.66. The minimum Gasteiger partial charge on any atom is -0.385 e. The molecule has 0 bridgehead atoms. The fourth-order valence-electron chi connectivity index (χ4n) is 2.92. The molecule has 23 heavy (non-hydrogen) atoms. The minimum atomic E-state index is -0.673. The third-order valence-corrected chi connectivity index (χ3v) is 4.18. The summed E-state index contributed by atoms with van der Waals surface area (Å²) in [5.74, 6) is 0.596. The van der Waals surface area contributed by atoms with Gasteiger partial charge in [0.2, 0.25) is 5.91 Å². The molecule has 1 N–H and O–H groups in total. The van der Waals surface area contributed by atoms with E-state index in [1.807, 2.05) is 23.1 Å². The van der Waals surface area contributed by atoms with E-state index in [1.54, 1.807) is 23.9 Å². The maximum atomic E-state index is 12.5. The summed E-state index contributed by atoms with van der Waals surface area (Å²) in [6, 6.07) is 10.3. The zero-order valence-corrected chi connectivity index (χ0v) is 13.3. The number of imidazole rings is 1. The molecule has 122 valence electrons. The molecule has 3 rings (SSSR count). The molecular formula is C17H22N4O2. The van der Waals surface area contributed by atoms with Crippen molar-refractivity contribution in [2.24, 2.45) is 0 Å². The predicted molar refractivity (Wildman–Crippen MR) is 88.1 cm³/mol. The Morgan fingerprint density at radius 1 is 1.22 bits per heavy atom. The molecule has 1 fully saturated rings. The first-order valence-electron chi connectivity index (χ1n) is 7.92. The minimum absolute atomic E-state index is 0.0672. The van der Waals surface area contributed by atoms with Crippen LogP contribution in [0.25, 0.3) is 0 Å². The number of aromatic nitrogens is 2. The summed E-state index contributed by atoms with van der Waals surface area (Å²) in [7, 11) is 0. The van der Waals surface area contributed by atoms with E-state index >= 15 is 0 Å². The molecule has 1 aliphatic heterocycles. The number of nitrogens with zero attached hydrogens (tertiary/aromatic N) is 4. The van der Waals surface area contributed by atoms with Crippen LogP contribution in [0.2, 0.25) is 0 Å². The SMILES string of the molecule is C[C@@H](O)c1nccn1CC(=O)N1CCN(c2ccccc2)CC1. The second kappa shape index (κ2) is 6.83. The number of benzene rings is 1. The molecule has 6 heteroatoms. The van der Waals surface area contributed by atoms with Gasteiger partial charge in [0.15, 0.2) is 0 Å². The quantitative estimate of drug-likeness (QED) is 0.923. The van der Waals surface area contributed by atoms with Gasteiger partial charge in [0, 0.05) is 44.3 Å². The normalized spacial score (nSPS) is 16.4. The molecular weight excluding hydrogens is 292 g/mol. The van der Waals surface area contributed by atoms with Gasteiger partial charge in [0.1, 0.15) is 18.5 Å².